The maximum absolute atomic E-state index is 12.2. The summed E-state index contributed by atoms with van der Waals surface area (Å²) in [7, 11) is -4.20. The number of nitrogens with zero attached hydrogens (tertiary/aromatic N) is 2. The van der Waals surface area contributed by atoms with Crippen LogP contribution in [0.15, 0.2) is 70.7 Å². The molecule has 0 bridgehead atoms. The molecule has 7 nitrogen and oxygen atoms in total. The van der Waals surface area contributed by atoms with Crippen molar-refractivity contribution in [2.45, 2.75) is 18.7 Å². The van der Waals surface area contributed by atoms with E-state index in [1.807, 2.05) is 6.92 Å². The Balaban J connectivity index is 2.36. The van der Waals surface area contributed by atoms with E-state index in [-0.39, 0.29) is 17.1 Å². The normalized spacial score (nSPS) is 12.2. The standard InChI is InChI=1S/C20H18N2O5S/c1-3-26-20(23)19(16-7-5-4-6-8-16)13-17(14-21)22-27-28(24,25)18-11-9-15(2)10-12-18/h4-13H,3H2,1-2H3. The topological polar surface area (TPSA) is 106 Å². The number of rotatable bonds is 7. The Hall–Kier alpha value is -3.44. The molecule has 0 aromatic heterocycles. The van der Waals surface area contributed by atoms with Crippen molar-refractivity contribution in [2.24, 2.45) is 5.16 Å². The Bertz CT molecular complexity index is 1030. The minimum Gasteiger partial charge on any atom is -0.462 e. The molecule has 2 aromatic rings. The third kappa shape index (κ3) is 5.53. The van der Waals surface area contributed by atoms with Crippen molar-refractivity contribution in [3.05, 3.63) is 71.8 Å². The fourth-order valence-electron chi connectivity index (χ4n) is 2.14. The van der Waals surface area contributed by atoms with Crippen molar-refractivity contribution in [3.8, 4) is 6.07 Å². The highest BCUT2D eigenvalue weighted by atomic mass is 32.2. The van der Waals surface area contributed by atoms with Crippen LogP contribution >= 0.6 is 0 Å². The number of ether oxygens (including phenoxy) is 1. The van der Waals surface area contributed by atoms with Crippen LogP contribution in [-0.2, 0) is 23.9 Å². The van der Waals surface area contributed by atoms with Crippen LogP contribution < -0.4 is 0 Å². The molecule has 0 atom stereocenters. The number of oxime groups is 1. The largest absolute Gasteiger partial charge is 0.462 e. The van der Waals surface area contributed by atoms with Gasteiger partial charge in [-0.3, -0.25) is 4.28 Å². The molecule has 0 N–H and O–H groups in total. The Morgan fingerprint density at radius 3 is 2.36 bits per heavy atom. The van der Waals surface area contributed by atoms with E-state index in [1.165, 1.54) is 12.1 Å². The summed E-state index contributed by atoms with van der Waals surface area (Å²) < 4.78 is 34.0. The molecule has 2 aromatic carbocycles. The zero-order valence-corrected chi connectivity index (χ0v) is 16.1. The highest BCUT2D eigenvalue weighted by Crippen LogP contribution is 2.17. The van der Waals surface area contributed by atoms with Crippen molar-refractivity contribution >= 4 is 27.4 Å². The molecule has 0 saturated heterocycles. The first kappa shape index (κ1) is 20.9. The molecule has 8 heteroatoms. The molecule has 0 aliphatic rings. The molecule has 2 rings (SSSR count). The Kier molecular flexibility index (Phi) is 7.07. The van der Waals surface area contributed by atoms with Gasteiger partial charge >= 0.3 is 16.1 Å². The Labute approximate surface area is 163 Å². The molecule has 0 radical (unpaired) electrons. The van der Waals surface area contributed by atoms with Crippen LogP contribution in [0, 0.1) is 18.3 Å². The third-order valence-electron chi connectivity index (χ3n) is 3.52. The molecule has 0 fully saturated rings. The lowest BCUT2D eigenvalue weighted by molar-refractivity contribution is -0.136. The van der Waals surface area contributed by atoms with Gasteiger partial charge < -0.3 is 4.74 Å². The zero-order chi connectivity index (χ0) is 20.6. The van der Waals surface area contributed by atoms with Gasteiger partial charge in [0.25, 0.3) is 0 Å². The van der Waals surface area contributed by atoms with Crippen LogP contribution in [0.1, 0.15) is 18.1 Å². The second-order valence-corrected chi connectivity index (χ2v) is 7.10. The number of hydrogen-bond acceptors (Lipinski definition) is 7. The van der Waals surface area contributed by atoms with E-state index in [2.05, 4.69) is 9.44 Å². The van der Waals surface area contributed by atoms with Crippen molar-refractivity contribution in [3.63, 3.8) is 0 Å². The second kappa shape index (κ2) is 9.48. The number of esters is 1. The summed E-state index contributed by atoms with van der Waals surface area (Å²) in [6.45, 7) is 3.60. The lowest BCUT2D eigenvalue weighted by atomic mass is 10.0. The summed E-state index contributed by atoms with van der Waals surface area (Å²) >= 11 is 0. The predicted molar refractivity (Wildman–Crippen MR) is 104 cm³/mol. The number of nitriles is 1. The van der Waals surface area contributed by atoms with Crippen molar-refractivity contribution < 1.29 is 22.2 Å². The molecular weight excluding hydrogens is 380 g/mol. The van der Waals surface area contributed by atoms with Gasteiger partial charge in [-0.2, -0.15) is 13.7 Å². The monoisotopic (exact) mass is 398 g/mol. The predicted octanol–water partition coefficient (Wildman–Crippen LogP) is 3.23. The van der Waals surface area contributed by atoms with Crippen LogP contribution in [0.25, 0.3) is 5.57 Å². The van der Waals surface area contributed by atoms with Crippen LogP contribution in [0.2, 0.25) is 0 Å². The van der Waals surface area contributed by atoms with Gasteiger partial charge in [0.05, 0.1) is 12.2 Å². The second-order valence-electron chi connectivity index (χ2n) is 5.57. The fourth-order valence-corrected chi connectivity index (χ4v) is 2.87. The molecular formula is C20H18N2O5S. The molecule has 144 valence electrons. The van der Waals surface area contributed by atoms with E-state index in [0.29, 0.717) is 5.56 Å². The van der Waals surface area contributed by atoms with E-state index in [0.717, 1.165) is 11.6 Å². The van der Waals surface area contributed by atoms with Gasteiger partial charge in [0, 0.05) is 0 Å². The number of aryl methyl sites for hydroxylation is 1. The number of allylic oxidation sites excluding steroid dienone is 1. The first-order valence-electron chi connectivity index (χ1n) is 8.30. The highest BCUT2D eigenvalue weighted by Gasteiger charge is 2.17. The van der Waals surface area contributed by atoms with E-state index < -0.39 is 21.8 Å². The summed E-state index contributed by atoms with van der Waals surface area (Å²) in [5.41, 5.74) is 1.03. The summed E-state index contributed by atoms with van der Waals surface area (Å²) in [6.07, 6.45) is 1.12. The Morgan fingerprint density at radius 2 is 1.79 bits per heavy atom. The van der Waals surface area contributed by atoms with Crippen LogP contribution in [0.5, 0.6) is 0 Å². The molecule has 0 unspecified atom stereocenters. The molecule has 0 spiro atoms. The molecule has 28 heavy (non-hydrogen) atoms. The molecule has 0 aliphatic heterocycles. The van der Waals surface area contributed by atoms with Gasteiger partial charge in [0.15, 0.2) is 5.71 Å². The van der Waals surface area contributed by atoms with Gasteiger partial charge in [-0.05, 0) is 37.6 Å². The summed E-state index contributed by atoms with van der Waals surface area (Å²) in [6, 6.07) is 16.2. The van der Waals surface area contributed by atoms with Crippen LogP contribution in [0.4, 0.5) is 0 Å². The molecule has 0 amide bonds. The van der Waals surface area contributed by atoms with Gasteiger partial charge in [-0.25, -0.2) is 4.79 Å². The van der Waals surface area contributed by atoms with Crippen molar-refractivity contribution in [2.75, 3.05) is 6.61 Å². The summed E-state index contributed by atoms with van der Waals surface area (Å²) in [5, 5.41) is 12.7. The minimum atomic E-state index is -4.20. The Morgan fingerprint density at radius 1 is 1.14 bits per heavy atom. The number of carbonyl (C=O) groups is 1. The average Bonchev–Trinajstić information content (AvgIpc) is 2.69. The van der Waals surface area contributed by atoms with E-state index in [9.17, 15) is 18.5 Å². The van der Waals surface area contributed by atoms with Gasteiger partial charge in [-0.15, -0.1) is 0 Å². The van der Waals surface area contributed by atoms with E-state index >= 15 is 0 Å². The molecule has 0 aliphatic carbocycles. The van der Waals surface area contributed by atoms with Crippen molar-refractivity contribution in [1.29, 1.82) is 5.26 Å². The minimum absolute atomic E-state index is 0.0547. The summed E-state index contributed by atoms with van der Waals surface area (Å²) in [5.74, 6) is -0.668. The van der Waals surface area contributed by atoms with E-state index in [4.69, 9.17) is 4.74 Å². The maximum atomic E-state index is 12.2. The SMILES string of the molecule is CCOC(=O)C(=CC(C#N)=NOS(=O)(=O)c1ccc(C)cc1)c1ccccc1. The van der Waals surface area contributed by atoms with Crippen molar-refractivity contribution in [1.82, 2.24) is 0 Å². The average molecular weight is 398 g/mol. The lowest BCUT2D eigenvalue weighted by Gasteiger charge is -2.07. The summed E-state index contributed by atoms with van der Waals surface area (Å²) in [4.78, 5) is 12.1. The maximum Gasteiger partial charge on any atom is 0.358 e. The fraction of sp³-hybridized carbons (Fsp3) is 0.150. The number of carbonyl (C=O) groups excluding carboxylic acids is 1. The molecule has 0 heterocycles. The van der Waals surface area contributed by atoms with Gasteiger partial charge in [0.2, 0.25) is 0 Å². The number of hydrogen-bond donors (Lipinski definition) is 0. The quantitative estimate of drug-likeness (QED) is 0.307. The first-order chi connectivity index (χ1) is 13.4. The van der Waals surface area contributed by atoms with Crippen LogP contribution in [-0.4, -0.2) is 26.7 Å². The van der Waals surface area contributed by atoms with Gasteiger partial charge in [-0.1, -0.05) is 53.2 Å². The number of benzene rings is 2. The third-order valence-corrected chi connectivity index (χ3v) is 4.64. The lowest BCUT2D eigenvalue weighted by Crippen LogP contribution is -2.09. The van der Waals surface area contributed by atoms with E-state index in [1.54, 1.807) is 55.5 Å². The smallest absolute Gasteiger partial charge is 0.358 e. The first-order valence-corrected chi connectivity index (χ1v) is 9.71. The zero-order valence-electron chi connectivity index (χ0n) is 15.3. The van der Waals surface area contributed by atoms with Crippen LogP contribution in [0.3, 0.4) is 0 Å². The highest BCUT2D eigenvalue weighted by molar-refractivity contribution is 7.86. The van der Waals surface area contributed by atoms with Gasteiger partial charge in [0.1, 0.15) is 11.0 Å². The molecule has 0 saturated carbocycles.